The van der Waals surface area contributed by atoms with Crippen molar-refractivity contribution in [2.45, 2.75) is 25.1 Å². The quantitative estimate of drug-likeness (QED) is 0.639. The fourth-order valence-corrected chi connectivity index (χ4v) is 1.72. The maximum absolute atomic E-state index is 13.6. The second kappa shape index (κ2) is 7.21. The van der Waals surface area contributed by atoms with E-state index in [9.17, 15) is 9.18 Å². The Morgan fingerprint density at radius 1 is 1.56 bits per heavy atom. The molecule has 1 amide bonds. The zero-order chi connectivity index (χ0) is 13.5. The van der Waals surface area contributed by atoms with Gasteiger partial charge in [-0.15, -0.1) is 11.6 Å². The van der Waals surface area contributed by atoms with Crippen LogP contribution in [0.15, 0.2) is 18.2 Å². The molecule has 0 aliphatic rings. The molecule has 1 aromatic carbocycles. The average molecular weight is 274 g/mol. The van der Waals surface area contributed by atoms with Crippen molar-refractivity contribution in [3.05, 3.63) is 29.6 Å². The summed E-state index contributed by atoms with van der Waals surface area (Å²) in [5.74, 6) is -0.817. The van der Waals surface area contributed by atoms with E-state index in [-0.39, 0.29) is 16.7 Å². The Labute approximate surface area is 111 Å². The van der Waals surface area contributed by atoms with Gasteiger partial charge in [-0.1, -0.05) is 6.07 Å². The van der Waals surface area contributed by atoms with Crippen molar-refractivity contribution in [2.75, 3.05) is 13.7 Å². The lowest BCUT2D eigenvalue weighted by Crippen LogP contribution is -2.26. The molecule has 3 nitrogen and oxygen atoms in total. The number of hydrogen-bond acceptors (Lipinski definition) is 2. The molecule has 0 aromatic heterocycles. The highest BCUT2D eigenvalue weighted by Crippen LogP contribution is 2.20. The smallest absolute Gasteiger partial charge is 0.258 e. The molecule has 0 radical (unpaired) electrons. The summed E-state index contributed by atoms with van der Waals surface area (Å²) < 4.78 is 18.5. The van der Waals surface area contributed by atoms with Gasteiger partial charge in [0.05, 0.1) is 7.11 Å². The predicted molar refractivity (Wildman–Crippen MR) is 69.8 cm³/mol. The lowest BCUT2D eigenvalue weighted by molar-refractivity contribution is 0.0945. The van der Waals surface area contributed by atoms with Crippen LogP contribution in [0.25, 0.3) is 0 Å². The first-order chi connectivity index (χ1) is 8.56. The first kappa shape index (κ1) is 14.8. The molecule has 0 aliphatic heterocycles. The summed E-state index contributed by atoms with van der Waals surface area (Å²) in [7, 11) is 1.40. The van der Waals surface area contributed by atoms with Gasteiger partial charge in [0.1, 0.15) is 17.1 Å². The van der Waals surface area contributed by atoms with E-state index in [1.54, 1.807) is 6.07 Å². The molecule has 0 bridgehead atoms. The molecule has 0 saturated heterocycles. The number of carbonyl (C=O) groups is 1. The summed E-state index contributed by atoms with van der Waals surface area (Å²) in [6, 6.07) is 4.29. The molecular formula is C13H17ClFNO2. The SMILES string of the molecule is COc1cccc(F)c1C(=O)NCCCC(C)Cl. The van der Waals surface area contributed by atoms with E-state index in [0.29, 0.717) is 6.54 Å². The standard InChI is InChI=1S/C13H17ClFNO2/c1-9(14)5-4-8-16-13(17)12-10(15)6-3-7-11(12)18-2/h3,6-7,9H,4-5,8H2,1-2H3,(H,16,17). The first-order valence-corrected chi connectivity index (χ1v) is 6.24. The van der Waals surface area contributed by atoms with Crippen molar-refractivity contribution >= 4 is 17.5 Å². The minimum Gasteiger partial charge on any atom is -0.496 e. The first-order valence-electron chi connectivity index (χ1n) is 5.81. The Bertz CT molecular complexity index is 410. The van der Waals surface area contributed by atoms with E-state index in [2.05, 4.69) is 5.32 Å². The molecule has 1 rings (SSSR count). The second-order valence-corrected chi connectivity index (χ2v) is 4.74. The fourth-order valence-electron chi connectivity index (χ4n) is 1.57. The highest BCUT2D eigenvalue weighted by molar-refractivity contribution is 6.20. The van der Waals surface area contributed by atoms with Crippen molar-refractivity contribution in [3.8, 4) is 5.75 Å². The summed E-state index contributed by atoms with van der Waals surface area (Å²) in [5.41, 5.74) is -0.0566. The van der Waals surface area contributed by atoms with Gasteiger partial charge in [0.15, 0.2) is 0 Å². The van der Waals surface area contributed by atoms with E-state index < -0.39 is 11.7 Å². The Balaban J connectivity index is 2.61. The van der Waals surface area contributed by atoms with Crippen molar-refractivity contribution < 1.29 is 13.9 Å². The summed E-state index contributed by atoms with van der Waals surface area (Å²) in [4.78, 5) is 11.8. The van der Waals surface area contributed by atoms with E-state index in [1.165, 1.54) is 19.2 Å². The van der Waals surface area contributed by atoms with Crippen LogP contribution in [0.3, 0.4) is 0 Å². The van der Waals surface area contributed by atoms with E-state index in [4.69, 9.17) is 16.3 Å². The molecule has 1 aromatic rings. The molecule has 18 heavy (non-hydrogen) atoms. The van der Waals surface area contributed by atoms with Gasteiger partial charge < -0.3 is 10.1 Å². The van der Waals surface area contributed by atoms with Crippen LogP contribution in [-0.4, -0.2) is 24.9 Å². The number of rotatable bonds is 6. The molecule has 100 valence electrons. The molecule has 1 unspecified atom stereocenters. The van der Waals surface area contributed by atoms with Crippen LogP contribution in [0.4, 0.5) is 4.39 Å². The topological polar surface area (TPSA) is 38.3 Å². The highest BCUT2D eigenvalue weighted by atomic mass is 35.5. The number of hydrogen-bond donors (Lipinski definition) is 1. The molecule has 0 saturated carbocycles. The summed E-state index contributed by atoms with van der Waals surface area (Å²) in [6.45, 7) is 2.36. The molecule has 0 spiro atoms. The predicted octanol–water partition coefficient (Wildman–Crippen LogP) is 2.97. The van der Waals surface area contributed by atoms with E-state index in [0.717, 1.165) is 12.8 Å². The molecule has 0 fully saturated rings. The van der Waals surface area contributed by atoms with E-state index in [1.807, 2.05) is 6.92 Å². The number of alkyl halides is 1. The number of benzene rings is 1. The third kappa shape index (κ3) is 4.18. The van der Waals surface area contributed by atoms with Crippen LogP contribution < -0.4 is 10.1 Å². The van der Waals surface area contributed by atoms with Crippen LogP contribution in [0.1, 0.15) is 30.1 Å². The maximum Gasteiger partial charge on any atom is 0.258 e. The molecule has 1 N–H and O–H groups in total. The largest absolute Gasteiger partial charge is 0.496 e. The van der Waals surface area contributed by atoms with Gasteiger partial charge in [0.25, 0.3) is 5.91 Å². The lowest BCUT2D eigenvalue weighted by Gasteiger charge is -2.10. The van der Waals surface area contributed by atoms with Crippen LogP contribution in [0.5, 0.6) is 5.75 Å². The molecule has 0 heterocycles. The van der Waals surface area contributed by atoms with Crippen LogP contribution in [0.2, 0.25) is 0 Å². The highest BCUT2D eigenvalue weighted by Gasteiger charge is 2.16. The van der Waals surface area contributed by atoms with Gasteiger partial charge in [-0.25, -0.2) is 4.39 Å². The zero-order valence-corrected chi connectivity index (χ0v) is 11.3. The van der Waals surface area contributed by atoms with Gasteiger partial charge >= 0.3 is 0 Å². The van der Waals surface area contributed by atoms with Crippen molar-refractivity contribution in [3.63, 3.8) is 0 Å². The van der Waals surface area contributed by atoms with E-state index >= 15 is 0 Å². The van der Waals surface area contributed by atoms with Gasteiger partial charge in [-0.2, -0.15) is 0 Å². The summed E-state index contributed by atoms with van der Waals surface area (Å²) in [5, 5.41) is 2.73. The fraction of sp³-hybridized carbons (Fsp3) is 0.462. The van der Waals surface area contributed by atoms with Crippen LogP contribution in [-0.2, 0) is 0 Å². The minimum absolute atomic E-state index is 0.0566. The Kier molecular flexibility index (Phi) is 5.92. The van der Waals surface area contributed by atoms with Gasteiger partial charge in [0, 0.05) is 11.9 Å². The van der Waals surface area contributed by atoms with Crippen molar-refractivity contribution in [2.24, 2.45) is 0 Å². The van der Waals surface area contributed by atoms with Gasteiger partial charge in [-0.3, -0.25) is 4.79 Å². The molecule has 1 atom stereocenters. The number of amides is 1. The maximum atomic E-state index is 13.6. The van der Waals surface area contributed by atoms with Gasteiger partial charge in [0.2, 0.25) is 0 Å². The lowest BCUT2D eigenvalue weighted by atomic mass is 10.1. The molecule has 5 heteroatoms. The third-order valence-corrected chi connectivity index (χ3v) is 2.70. The zero-order valence-electron chi connectivity index (χ0n) is 10.5. The van der Waals surface area contributed by atoms with Gasteiger partial charge in [-0.05, 0) is 31.9 Å². The Morgan fingerprint density at radius 2 is 2.28 bits per heavy atom. The number of methoxy groups -OCH3 is 1. The Morgan fingerprint density at radius 3 is 2.89 bits per heavy atom. The number of halogens is 2. The van der Waals surface area contributed by atoms with Crippen LogP contribution in [0, 0.1) is 5.82 Å². The summed E-state index contributed by atoms with van der Waals surface area (Å²) in [6.07, 6.45) is 1.56. The van der Waals surface area contributed by atoms with Crippen molar-refractivity contribution in [1.82, 2.24) is 5.32 Å². The number of carbonyl (C=O) groups excluding carboxylic acids is 1. The third-order valence-electron chi connectivity index (χ3n) is 2.49. The van der Waals surface area contributed by atoms with Crippen LogP contribution >= 0.6 is 11.6 Å². The number of ether oxygens (including phenoxy) is 1. The molecule has 0 aliphatic carbocycles. The monoisotopic (exact) mass is 273 g/mol. The minimum atomic E-state index is -0.586. The molecular weight excluding hydrogens is 257 g/mol. The van der Waals surface area contributed by atoms with Crippen molar-refractivity contribution in [1.29, 1.82) is 0 Å². The average Bonchev–Trinajstić information content (AvgIpc) is 2.33. The Hall–Kier alpha value is -1.29. The normalized spacial score (nSPS) is 12.0. The summed E-state index contributed by atoms with van der Waals surface area (Å²) >= 11 is 5.79. The number of nitrogens with one attached hydrogen (secondary N) is 1. The second-order valence-electron chi connectivity index (χ2n) is 4.00.